The van der Waals surface area contributed by atoms with Gasteiger partial charge in [-0.25, -0.2) is 0 Å². The van der Waals surface area contributed by atoms with E-state index in [0.29, 0.717) is 18.4 Å². The first-order valence-electron chi connectivity index (χ1n) is 6.93. The number of fused-ring (bicyclic) bond motifs is 2. The number of carbonyl (C=O) groups excluding carboxylic acids is 1. The normalized spacial score (nSPS) is 32.5. The van der Waals surface area contributed by atoms with Crippen molar-refractivity contribution in [3.8, 4) is 0 Å². The van der Waals surface area contributed by atoms with Gasteiger partial charge in [-0.05, 0) is 42.7 Å². The zero-order valence-electron chi connectivity index (χ0n) is 10.8. The molecule has 4 atom stereocenters. The Bertz CT molecular complexity index is 489. The van der Waals surface area contributed by atoms with Crippen molar-refractivity contribution in [2.75, 3.05) is 0 Å². The topological polar surface area (TPSA) is 55.1 Å². The van der Waals surface area contributed by atoms with Gasteiger partial charge in [-0.15, -0.1) is 0 Å². The number of nitrogens with two attached hydrogens (primary N) is 1. The molecule has 2 aliphatic rings. The van der Waals surface area contributed by atoms with Crippen LogP contribution in [0.3, 0.4) is 0 Å². The largest absolute Gasteiger partial charge is 0.352 e. The zero-order chi connectivity index (χ0) is 13.4. The highest BCUT2D eigenvalue weighted by Crippen LogP contribution is 2.47. The average Bonchev–Trinajstić information content (AvgIpc) is 2.98. The molecule has 2 saturated carbocycles. The third-order valence-electron chi connectivity index (χ3n) is 4.69. The molecule has 0 aromatic heterocycles. The van der Waals surface area contributed by atoms with Crippen LogP contribution in [0.4, 0.5) is 0 Å². The molecule has 3 rings (SSSR count). The number of hydrogen-bond acceptors (Lipinski definition) is 2. The highest BCUT2D eigenvalue weighted by molar-refractivity contribution is 9.10. The minimum atomic E-state index is 0.0289. The first kappa shape index (κ1) is 13.1. The summed E-state index contributed by atoms with van der Waals surface area (Å²) in [5.41, 5.74) is 7.30. The molecule has 3 N–H and O–H groups in total. The van der Waals surface area contributed by atoms with E-state index in [-0.39, 0.29) is 17.9 Å². The van der Waals surface area contributed by atoms with Crippen LogP contribution >= 0.6 is 15.9 Å². The molecule has 1 aromatic rings. The maximum Gasteiger partial charge on any atom is 0.225 e. The van der Waals surface area contributed by atoms with Crippen LogP contribution in [0.15, 0.2) is 28.7 Å². The Kier molecular flexibility index (Phi) is 3.63. The van der Waals surface area contributed by atoms with Crippen LogP contribution in [-0.4, -0.2) is 11.9 Å². The fourth-order valence-electron chi connectivity index (χ4n) is 3.67. The maximum absolute atomic E-state index is 12.3. The lowest BCUT2D eigenvalue weighted by atomic mass is 9.84. The van der Waals surface area contributed by atoms with Gasteiger partial charge in [-0.3, -0.25) is 4.79 Å². The Morgan fingerprint density at radius 1 is 1.32 bits per heavy atom. The summed E-state index contributed by atoms with van der Waals surface area (Å²) in [7, 11) is 0. The van der Waals surface area contributed by atoms with Gasteiger partial charge in [0, 0.05) is 17.1 Å². The summed E-state index contributed by atoms with van der Waals surface area (Å²) < 4.78 is 1.03. The molecule has 2 bridgehead atoms. The standard InChI is InChI=1S/C15H19BrN2O/c16-12-4-2-1-3-11(12)8-18-15(19)13-9-5-6-10(7-9)14(13)17/h1-4,9-10,13-14H,5-8,17H2,(H,18,19). The molecule has 1 amide bonds. The molecule has 0 aliphatic heterocycles. The van der Waals surface area contributed by atoms with E-state index in [1.54, 1.807) is 0 Å². The number of nitrogens with one attached hydrogen (secondary N) is 1. The molecule has 19 heavy (non-hydrogen) atoms. The van der Waals surface area contributed by atoms with E-state index < -0.39 is 0 Å². The van der Waals surface area contributed by atoms with Crippen molar-refractivity contribution in [2.45, 2.75) is 31.8 Å². The maximum atomic E-state index is 12.3. The quantitative estimate of drug-likeness (QED) is 0.898. The second-order valence-electron chi connectivity index (χ2n) is 5.75. The average molecular weight is 323 g/mol. The van der Waals surface area contributed by atoms with Crippen LogP contribution < -0.4 is 11.1 Å². The molecular formula is C15H19BrN2O. The number of carbonyl (C=O) groups is 1. The van der Waals surface area contributed by atoms with Crippen LogP contribution in [0.25, 0.3) is 0 Å². The van der Waals surface area contributed by atoms with E-state index in [0.717, 1.165) is 16.5 Å². The Morgan fingerprint density at radius 2 is 2.05 bits per heavy atom. The van der Waals surface area contributed by atoms with Gasteiger partial charge in [-0.1, -0.05) is 34.1 Å². The lowest BCUT2D eigenvalue weighted by molar-refractivity contribution is -0.127. The molecule has 0 radical (unpaired) electrons. The van der Waals surface area contributed by atoms with Gasteiger partial charge >= 0.3 is 0 Å². The summed E-state index contributed by atoms with van der Waals surface area (Å²) in [6.45, 7) is 0.570. The molecule has 4 unspecified atom stereocenters. The molecule has 3 nitrogen and oxygen atoms in total. The number of benzene rings is 1. The first-order valence-corrected chi connectivity index (χ1v) is 7.73. The van der Waals surface area contributed by atoms with E-state index in [9.17, 15) is 4.79 Å². The van der Waals surface area contributed by atoms with E-state index in [1.807, 2.05) is 24.3 Å². The number of hydrogen-bond donors (Lipinski definition) is 2. The fourth-order valence-corrected chi connectivity index (χ4v) is 4.09. The van der Waals surface area contributed by atoms with Crippen molar-refractivity contribution >= 4 is 21.8 Å². The highest BCUT2D eigenvalue weighted by Gasteiger charge is 2.48. The van der Waals surface area contributed by atoms with Crippen LogP contribution in [0.1, 0.15) is 24.8 Å². The second-order valence-corrected chi connectivity index (χ2v) is 6.60. The number of amides is 1. The summed E-state index contributed by atoms with van der Waals surface area (Å²) in [5, 5.41) is 3.05. The summed E-state index contributed by atoms with van der Waals surface area (Å²) >= 11 is 3.50. The molecule has 102 valence electrons. The van der Waals surface area contributed by atoms with Gasteiger partial charge in [0.1, 0.15) is 0 Å². The van der Waals surface area contributed by atoms with E-state index >= 15 is 0 Å². The van der Waals surface area contributed by atoms with Crippen LogP contribution in [-0.2, 0) is 11.3 Å². The van der Waals surface area contributed by atoms with Gasteiger partial charge < -0.3 is 11.1 Å². The third-order valence-corrected chi connectivity index (χ3v) is 5.47. The molecule has 4 heteroatoms. The van der Waals surface area contributed by atoms with Crippen molar-refractivity contribution in [3.05, 3.63) is 34.3 Å². The lowest BCUT2D eigenvalue weighted by Crippen LogP contribution is -2.45. The lowest BCUT2D eigenvalue weighted by Gasteiger charge is -2.27. The van der Waals surface area contributed by atoms with Gasteiger partial charge in [0.2, 0.25) is 5.91 Å². The smallest absolute Gasteiger partial charge is 0.225 e. The van der Waals surface area contributed by atoms with Crippen molar-refractivity contribution in [3.63, 3.8) is 0 Å². The van der Waals surface area contributed by atoms with Crippen molar-refractivity contribution in [1.82, 2.24) is 5.32 Å². The van der Waals surface area contributed by atoms with Gasteiger partial charge in [0.05, 0.1) is 5.92 Å². The Hall–Kier alpha value is -0.870. The van der Waals surface area contributed by atoms with Crippen LogP contribution in [0.5, 0.6) is 0 Å². The first-order chi connectivity index (χ1) is 9.16. The molecular weight excluding hydrogens is 304 g/mol. The van der Waals surface area contributed by atoms with E-state index in [4.69, 9.17) is 5.73 Å². The number of rotatable bonds is 3. The van der Waals surface area contributed by atoms with Crippen molar-refractivity contribution in [2.24, 2.45) is 23.5 Å². The number of halogens is 1. The van der Waals surface area contributed by atoms with Gasteiger partial charge in [-0.2, -0.15) is 0 Å². The molecule has 2 aliphatic carbocycles. The SMILES string of the molecule is NC1C2CCC(C2)C1C(=O)NCc1ccccc1Br. The minimum Gasteiger partial charge on any atom is -0.352 e. The minimum absolute atomic E-state index is 0.0289. The van der Waals surface area contributed by atoms with Gasteiger partial charge in [0.25, 0.3) is 0 Å². The predicted molar refractivity (Wildman–Crippen MR) is 78.3 cm³/mol. The van der Waals surface area contributed by atoms with Crippen LogP contribution in [0.2, 0.25) is 0 Å². The van der Waals surface area contributed by atoms with Crippen molar-refractivity contribution in [1.29, 1.82) is 0 Å². The Morgan fingerprint density at radius 3 is 2.74 bits per heavy atom. The Balaban J connectivity index is 1.62. The van der Waals surface area contributed by atoms with Crippen LogP contribution in [0, 0.1) is 17.8 Å². The summed E-state index contributed by atoms with van der Waals surface area (Å²) in [4.78, 5) is 12.3. The third kappa shape index (κ3) is 2.43. The second kappa shape index (κ2) is 5.25. The fraction of sp³-hybridized carbons (Fsp3) is 0.533. The molecule has 0 saturated heterocycles. The summed E-state index contributed by atoms with van der Waals surface area (Å²) in [6.07, 6.45) is 3.53. The van der Waals surface area contributed by atoms with Gasteiger partial charge in [0.15, 0.2) is 0 Å². The monoisotopic (exact) mass is 322 g/mol. The van der Waals surface area contributed by atoms with E-state index in [1.165, 1.54) is 12.8 Å². The Labute approximate surface area is 122 Å². The summed E-state index contributed by atoms with van der Waals surface area (Å²) in [6, 6.07) is 8.03. The van der Waals surface area contributed by atoms with Crippen molar-refractivity contribution < 1.29 is 4.79 Å². The zero-order valence-corrected chi connectivity index (χ0v) is 12.4. The van der Waals surface area contributed by atoms with E-state index in [2.05, 4.69) is 21.2 Å². The molecule has 0 spiro atoms. The summed E-state index contributed by atoms with van der Waals surface area (Å²) in [5.74, 6) is 1.25. The highest BCUT2D eigenvalue weighted by atomic mass is 79.9. The predicted octanol–water partition coefficient (Wildman–Crippen LogP) is 2.44. The molecule has 0 heterocycles. The molecule has 1 aromatic carbocycles. The molecule has 2 fully saturated rings.